The molecule has 0 rings (SSSR count). The second-order valence-electron chi connectivity index (χ2n) is 2.34. The Hall–Kier alpha value is -2.01. The van der Waals surface area contributed by atoms with Gasteiger partial charge in [-0.3, -0.25) is 0 Å². The standard InChI is InChI=1S/C8H11N5/c1-2-3-8(12)13-7(5-10)6(11)4-9/h2-3,11H2,1H3,(H2,12,13). The van der Waals surface area contributed by atoms with Gasteiger partial charge in [0.1, 0.15) is 23.7 Å². The Morgan fingerprint density at radius 1 is 1.31 bits per heavy atom. The number of nitrogens with zero attached hydrogens (tertiary/aromatic N) is 3. The molecule has 0 saturated carbocycles. The van der Waals surface area contributed by atoms with Gasteiger partial charge in [-0.15, -0.1) is 0 Å². The Bertz CT molecular complexity index is 312. The van der Waals surface area contributed by atoms with E-state index in [4.69, 9.17) is 22.0 Å². The van der Waals surface area contributed by atoms with Gasteiger partial charge in [-0.05, 0) is 6.42 Å². The van der Waals surface area contributed by atoms with Crippen molar-refractivity contribution < 1.29 is 0 Å². The fourth-order valence-corrected chi connectivity index (χ4v) is 0.654. The van der Waals surface area contributed by atoms with E-state index < -0.39 is 0 Å². The number of rotatable bonds is 3. The van der Waals surface area contributed by atoms with Crippen molar-refractivity contribution in [2.24, 2.45) is 16.5 Å². The molecule has 13 heavy (non-hydrogen) atoms. The number of hydrogen-bond donors (Lipinski definition) is 2. The van der Waals surface area contributed by atoms with Crippen molar-refractivity contribution in [2.75, 3.05) is 0 Å². The Balaban J connectivity index is 4.78. The molecule has 0 atom stereocenters. The fraction of sp³-hybridized carbons (Fsp3) is 0.375. The zero-order valence-corrected chi connectivity index (χ0v) is 7.41. The maximum Gasteiger partial charge on any atom is 0.176 e. The van der Waals surface area contributed by atoms with E-state index in [2.05, 4.69) is 4.99 Å². The van der Waals surface area contributed by atoms with Crippen molar-refractivity contribution in [3.05, 3.63) is 11.4 Å². The second-order valence-corrected chi connectivity index (χ2v) is 2.34. The molecule has 0 bridgehead atoms. The van der Waals surface area contributed by atoms with Gasteiger partial charge in [0.2, 0.25) is 0 Å². The highest BCUT2D eigenvalue weighted by Gasteiger charge is 2.00. The summed E-state index contributed by atoms with van der Waals surface area (Å²) in [5, 5.41) is 16.9. The predicted octanol–water partition coefficient (Wildman–Crippen LogP) is 0.361. The zero-order chi connectivity index (χ0) is 10.3. The van der Waals surface area contributed by atoms with Gasteiger partial charge in [-0.25, -0.2) is 4.99 Å². The van der Waals surface area contributed by atoms with E-state index in [0.29, 0.717) is 12.3 Å². The highest BCUT2D eigenvalue weighted by atomic mass is 14.9. The topological polar surface area (TPSA) is 112 Å². The van der Waals surface area contributed by atoms with E-state index in [0.717, 1.165) is 6.42 Å². The van der Waals surface area contributed by atoms with Crippen LogP contribution in [-0.4, -0.2) is 5.84 Å². The molecule has 0 aliphatic rings. The Kier molecular flexibility index (Phi) is 4.75. The minimum atomic E-state index is -0.207. The van der Waals surface area contributed by atoms with Crippen molar-refractivity contribution in [1.82, 2.24) is 0 Å². The van der Waals surface area contributed by atoms with Crippen LogP contribution in [0.25, 0.3) is 0 Å². The molecule has 0 aliphatic carbocycles. The van der Waals surface area contributed by atoms with Crippen molar-refractivity contribution >= 4 is 5.84 Å². The summed E-state index contributed by atoms with van der Waals surface area (Å²) >= 11 is 0. The number of hydrogen-bond acceptors (Lipinski definition) is 4. The first kappa shape index (κ1) is 11.0. The lowest BCUT2D eigenvalue weighted by Gasteiger charge is -1.96. The first-order chi connectivity index (χ1) is 6.15. The molecule has 0 unspecified atom stereocenters. The summed E-state index contributed by atoms with van der Waals surface area (Å²) in [6.07, 6.45) is 1.42. The maximum atomic E-state index is 8.54. The summed E-state index contributed by atoms with van der Waals surface area (Å²) < 4.78 is 0. The van der Waals surface area contributed by atoms with Gasteiger partial charge in [0.15, 0.2) is 5.70 Å². The molecular weight excluding hydrogens is 166 g/mol. The van der Waals surface area contributed by atoms with Crippen LogP contribution in [-0.2, 0) is 0 Å². The molecule has 0 fully saturated rings. The van der Waals surface area contributed by atoms with Crippen molar-refractivity contribution in [3.8, 4) is 12.1 Å². The maximum absolute atomic E-state index is 8.54. The van der Waals surface area contributed by atoms with E-state index in [1.54, 1.807) is 12.1 Å². The molecule has 5 nitrogen and oxygen atoms in total. The SMILES string of the molecule is CCCC(N)=NC(C#N)=C(N)C#N. The summed E-state index contributed by atoms with van der Waals surface area (Å²) in [7, 11) is 0. The highest BCUT2D eigenvalue weighted by Crippen LogP contribution is 2.00. The molecule has 68 valence electrons. The number of aliphatic imine (C=N–C) groups is 1. The minimum Gasteiger partial charge on any atom is -0.388 e. The molecule has 0 heterocycles. The van der Waals surface area contributed by atoms with Gasteiger partial charge in [-0.2, -0.15) is 10.5 Å². The molecule has 0 aromatic heterocycles. The van der Waals surface area contributed by atoms with Crippen LogP contribution in [0.15, 0.2) is 16.4 Å². The van der Waals surface area contributed by atoms with E-state index in [1.165, 1.54) is 0 Å². The van der Waals surface area contributed by atoms with Crippen LogP contribution < -0.4 is 11.5 Å². The monoisotopic (exact) mass is 177 g/mol. The third kappa shape index (κ3) is 3.78. The lowest BCUT2D eigenvalue weighted by atomic mass is 10.3. The average Bonchev–Trinajstić information content (AvgIpc) is 2.13. The van der Waals surface area contributed by atoms with Gasteiger partial charge >= 0.3 is 0 Å². The smallest absolute Gasteiger partial charge is 0.176 e. The molecule has 0 radical (unpaired) electrons. The molecule has 4 N–H and O–H groups in total. The summed E-state index contributed by atoms with van der Waals surface area (Å²) in [6, 6.07) is 3.34. The molecule has 0 aromatic rings. The van der Waals surface area contributed by atoms with Crippen LogP contribution in [0.5, 0.6) is 0 Å². The van der Waals surface area contributed by atoms with Gasteiger partial charge in [-0.1, -0.05) is 6.92 Å². The largest absolute Gasteiger partial charge is 0.388 e. The van der Waals surface area contributed by atoms with E-state index in [1.807, 2.05) is 6.92 Å². The van der Waals surface area contributed by atoms with Gasteiger partial charge in [0.05, 0.1) is 0 Å². The van der Waals surface area contributed by atoms with Crippen LogP contribution in [0, 0.1) is 22.7 Å². The van der Waals surface area contributed by atoms with Crippen LogP contribution >= 0.6 is 0 Å². The van der Waals surface area contributed by atoms with Crippen molar-refractivity contribution in [3.63, 3.8) is 0 Å². The highest BCUT2D eigenvalue weighted by molar-refractivity contribution is 5.81. The zero-order valence-electron chi connectivity index (χ0n) is 7.41. The summed E-state index contributed by atoms with van der Waals surface area (Å²) in [5.74, 6) is 0.317. The quantitative estimate of drug-likeness (QED) is 0.368. The third-order valence-corrected chi connectivity index (χ3v) is 1.24. The Morgan fingerprint density at radius 2 is 1.92 bits per heavy atom. The molecule has 0 aliphatic heterocycles. The first-order valence-electron chi connectivity index (χ1n) is 3.78. The van der Waals surface area contributed by atoms with Gasteiger partial charge in [0.25, 0.3) is 0 Å². The number of amidine groups is 1. The van der Waals surface area contributed by atoms with E-state index >= 15 is 0 Å². The molecule has 0 amide bonds. The normalized spacial score (nSPS) is 12.7. The molecule has 0 aromatic carbocycles. The lowest BCUT2D eigenvalue weighted by molar-refractivity contribution is 0.979. The fourth-order valence-electron chi connectivity index (χ4n) is 0.654. The van der Waals surface area contributed by atoms with Crippen molar-refractivity contribution in [2.45, 2.75) is 19.8 Å². The van der Waals surface area contributed by atoms with Gasteiger partial charge < -0.3 is 11.5 Å². The van der Waals surface area contributed by atoms with Gasteiger partial charge in [0, 0.05) is 6.42 Å². The van der Waals surface area contributed by atoms with Crippen LogP contribution in [0.3, 0.4) is 0 Å². The number of nitrogens with two attached hydrogens (primary N) is 2. The summed E-state index contributed by atoms with van der Waals surface area (Å²) in [6.45, 7) is 1.94. The Morgan fingerprint density at radius 3 is 2.31 bits per heavy atom. The summed E-state index contributed by atoms with van der Waals surface area (Å²) in [5.41, 5.74) is 10.3. The predicted molar refractivity (Wildman–Crippen MR) is 49.0 cm³/mol. The summed E-state index contributed by atoms with van der Waals surface area (Å²) in [4.78, 5) is 3.72. The molecule has 5 heteroatoms. The van der Waals surface area contributed by atoms with E-state index in [9.17, 15) is 0 Å². The Labute approximate surface area is 77.0 Å². The van der Waals surface area contributed by atoms with Crippen LogP contribution in [0.1, 0.15) is 19.8 Å². The first-order valence-corrected chi connectivity index (χ1v) is 3.78. The molecule has 0 saturated heterocycles. The van der Waals surface area contributed by atoms with E-state index in [-0.39, 0.29) is 11.4 Å². The number of nitriles is 2. The molecular formula is C8H11N5. The minimum absolute atomic E-state index is 0.117. The van der Waals surface area contributed by atoms with Crippen LogP contribution in [0.4, 0.5) is 0 Å². The molecule has 0 spiro atoms. The third-order valence-electron chi connectivity index (χ3n) is 1.24. The average molecular weight is 177 g/mol. The lowest BCUT2D eigenvalue weighted by Crippen LogP contribution is -2.12. The number of allylic oxidation sites excluding steroid dienone is 2. The van der Waals surface area contributed by atoms with Crippen molar-refractivity contribution in [1.29, 1.82) is 10.5 Å². The second kappa shape index (κ2) is 5.62. The van der Waals surface area contributed by atoms with Crippen LogP contribution in [0.2, 0.25) is 0 Å².